The zero-order valence-corrected chi connectivity index (χ0v) is 15.1. The van der Waals surface area contributed by atoms with Crippen molar-refractivity contribution in [3.8, 4) is 0 Å². The van der Waals surface area contributed by atoms with Gasteiger partial charge in [-0.2, -0.15) is 0 Å². The van der Waals surface area contributed by atoms with Gasteiger partial charge in [0, 0.05) is 38.4 Å². The van der Waals surface area contributed by atoms with E-state index in [0.29, 0.717) is 6.54 Å². The Morgan fingerprint density at radius 1 is 0.926 bits per heavy atom. The first-order chi connectivity index (χ1) is 13.1. The maximum Gasteiger partial charge on any atom is 0.319 e. The summed E-state index contributed by atoms with van der Waals surface area (Å²) in [4.78, 5) is 16.5. The number of urea groups is 1. The first-order valence-corrected chi connectivity index (χ1v) is 9.15. The molecule has 0 atom stereocenters. The summed E-state index contributed by atoms with van der Waals surface area (Å²) in [5, 5.41) is 4.86. The second kappa shape index (κ2) is 9.32. The van der Waals surface area contributed by atoms with Crippen LogP contribution in [0.15, 0.2) is 48.5 Å². The minimum atomic E-state index is -0.790. The summed E-state index contributed by atoms with van der Waals surface area (Å²) >= 11 is 0. The number of nitrogens with one attached hydrogen (secondary N) is 2. The fraction of sp³-hybridized carbons (Fsp3) is 0.350. The summed E-state index contributed by atoms with van der Waals surface area (Å²) in [6.45, 7) is 5.22. The summed E-state index contributed by atoms with van der Waals surface area (Å²) < 4.78 is 27.0. The second-order valence-electron chi connectivity index (χ2n) is 6.50. The van der Waals surface area contributed by atoms with Crippen LogP contribution in [0.4, 0.5) is 25.0 Å². The topological polar surface area (TPSA) is 47.6 Å². The number of amides is 2. The SMILES string of the molecule is O=C(NCCCN1CCN(c2ccccc2)CC1)Nc1c(F)cccc1F. The van der Waals surface area contributed by atoms with Gasteiger partial charge in [-0.3, -0.25) is 4.90 Å². The first-order valence-electron chi connectivity index (χ1n) is 9.15. The fourth-order valence-electron chi connectivity index (χ4n) is 3.15. The molecule has 27 heavy (non-hydrogen) atoms. The van der Waals surface area contributed by atoms with Crippen molar-refractivity contribution in [2.24, 2.45) is 0 Å². The number of para-hydroxylation sites is 2. The molecule has 2 aromatic rings. The van der Waals surface area contributed by atoms with Crippen molar-refractivity contribution in [2.45, 2.75) is 6.42 Å². The van der Waals surface area contributed by atoms with E-state index in [4.69, 9.17) is 0 Å². The molecule has 5 nitrogen and oxygen atoms in total. The minimum absolute atomic E-state index is 0.424. The Balaban J connectivity index is 1.33. The molecule has 7 heteroatoms. The molecule has 0 spiro atoms. The molecule has 2 N–H and O–H groups in total. The van der Waals surface area contributed by atoms with Crippen LogP contribution in [0, 0.1) is 11.6 Å². The van der Waals surface area contributed by atoms with Crippen molar-refractivity contribution in [1.29, 1.82) is 0 Å². The predicted molar refractivity (Wildman–Crippen MR) is 103 cm³/mol. The average molecular weight is 374 g/mol. The molecule has 1 aliphatic rings. The number of nitrogens with zero attached hydrogens (tertiary/aromatic N) is 2. The Morgan fingerprint density at radius 2 is 1.59 bits per heavy atom. The number of rotatable bonds is 6. The van der Waals surface area contributed by atoms with Crippen LogP contribution in [0.2, 0.25) is 0 Å². The third-order valence-corrected chi connectivity index (χ3v) is 4.63. The molecule has 2 amide bonds. The predicted octanol–water partition coefficient (Wildman–Crippen LogP) is 3.30. The molecule has 1 aliphatic heterocycles. The van der Waals surface area contributed by atoms with Gasteiger partial charge < -0.3 is 15.5 Å². The van der Waals surface area contributed by atoms with Gasteiger partial charge in [-0.05, 0) is 37.2 Å². The van der Waals surface area contributed by atoms with E-state index >= 15 is 0 Å². The van der Waals surface area contributed by atoms with Crippen LogP contribution in [-0.2, 0) is 0 Å². The van der Waals surface area contributed by atoms with Crippen LogP contribution in [0.1, 0.15) is 6.42 Å². The molecule has 0 radical (unpaired) electrons. The van der Waals surface area contributed by atoms with Crippen LogP contribution in [-0.4, -0.2) is 50.2 Å². The molecule has 0 saturated carbocycles. The Labute approximate surface area is 158 Å². The van der Waals surface area contributed by atoms with Gasteiger partial charge in [0.1, 0.15) is 17.3 Å². The van der Waals surface area contributed by atoms with Gasteiger partial charge in [-0.1, -0.05) is 24.3 Å². The Kier molecular flexibility index (Phi) is 6.59. The monoisotopic (exact) mass is 374 g/mol. The molecule has 2 aromatic carbocycles. The molecule has 1 heterocycles. The van der Waals surface area contributed by atoms with Crippen LogP contribution in [0.3, 0.4) is 0 Å². The number of carbonyl (C=O) groups is 1. The van der Waals surface area contributed by atoms with Gasteiger partial charge in [-0.25, -0.2) is 13.6 Å². The van der Waals surface area contributed by atoms with Crippen LogP contribution >= 0.6 is 0 Å². The quantitative estimate of drug-likeness (QED) is 0.763. The number of anilines is 2. The number of hydrogen-bond donors (Lipinski definition) is 2. The van der Waals surface area contributed by atoms with Gasteiger partial charge in [0.15, 0.2) is 0 Å². The van der Waals surface area contributed by atoms with Crippen molar-refractivity contribution >= 4 is 17.4 Å². The Bertz CT molecular complexity index is 729. The van der Waals surface area contributed by atoms with E-state index in [1.807, 2.05) is 18.2 Å². The van der Waals surface area contributed by atoms with Gasteiger partial charge >= 0.3 is 6.03 Å². The second-order valence-corrected chi connectivity index (χ2v) is 6.50. The highest BCUT2D eigenvalue weighted by molar-refractivity contribution is 5.89. The zero-order chi connectivity index (χ0) is 19.1. The normalized spacial score (nSPS) is 14.8. The van der Waals surface area contributed by atoms with E-state index in [9.17, 15) is 13.6 Å². The van der Waals surface area contributed by atoms with Crippen LogP contribution < -0.4 is 15.5 Å². The third kappa shape index (κ3) is 5.40. The summed E-state index contributed by atoms with van der Waals surface area (Å²) in [5.41, 5.74) is 0.822. The van der Waals surface area contributed by atoms with Gasteiger partial charge in [-0.15, -0.1) is 0 Å². The molecule has 3 rings (SSSR count). The number of carbonyl (C=O) groups excluding carboxylic acids is 1. The fourth-order valence-corrected chi connectivity index (χ4v) is 3.15. The lowest BCUT2D eigenvalue weighted by atomic mass is 10.2. The van der Waals surface area contributed by atoms with E-state index in [0.717, 1.165) is 51.3 Å². The van der Waals surface area contributed by atoms with Crippen molar-refractivity contribution in [2.75, 3.05) is 49.5 Å². The molecular weight excluding hydrogens is 350 g/mol. The molecule has 0 unspecified atom stereocenters. The van der Waals surface area contributed by atoms with Gasteiger partial charge in [0.25, 0.3) is 0 Å². The molecule has 0 aromatic heterocycles. The highest BCUT2D eigenvalue weighted by atomic mass is 19.1. The van der Waals surface area contributed by atoms with Crippen LogP contribution in [0.25, 0.3) is 0 Å². The van der Waals surface area contributed by atoms with E-state index in [-0.39, 0.29) is 0 Å². The lowest BCUT2D eigenvalue weighted by Crippen LogP contribution is -2.47. The largest absolute Gasteiger partial charge is 0.369 e. The van der Waals surface area contributed by atoms with Crippen molar-refractivity contribution in [1.82, 2.24) is 10.2 Å². The number of hydrogen-bond acceptors (Lipinski definition) is 3. The molecule has 0 bridgehead atoms. The summed E-state index contributed by atoms with van der Waals surface area (Å²) in [6, 6.07) is 13.2. The van der Waals surface area contributed by atoms with Gasteiger partial charge in [0.05, 0.1) is 0 Å². The average Bonchev–Trinajstić information content (AvgIpc) is 2.69. The maximum atomic E-state index is 13.5. The Hall–Kier alpha value is -2.67. The van der Waals surface area contributed by atoms with Gasteiger partial charge in [0.2, 0.25) is 0 Å². The maximum absolute atomic E-state index is 13.5. The van der Waals surface area contributed by atoms with E-state index < -0.39 is 23.4 Å². The molecular formula is C20H24F2N4O. The van der Waals surface area contributed by atoms with E-state index in [1.54, 1.807) is 0 Å². The summed E-state index contributed by atoms with van der Waals surface area (Å²) in [7, 11) is 0. The summed E-state index contributed by atoms with van der Waals surface area (Å²) in [6.07, 6.45) is 0.776. The van der Waals surface area contributed by atoms with Crippen molar-refractivity contribution in [3.05, 3.63) is 60.2 Å². The lowest BCUT2D eigenvalue weighted by Gasteiger charge is -2.36. The molecule has 1 fully saturated rings. The van der Waals surface area contributed by atoms with Crippen LogP contribution in [0.5, 0.6) is 0 Å². The van der Waals surface area contributed by atoms with Crippen molar-refractivity contribution < 1.29 is 13.6 Å². The highest BCUT2D eigenvalue weighted by Crippen LogP contribution is 2.18. The number of piperazine rings is 1. The Morgan fingerprint density at radius 3 is 2.26 bits per heavy atom. The first kappa shape index (κ1) is 19.1. The highest BCUT2D eigenvalue weighted by Gasteiger charge is 2.16. The van der Waals surface area contributed by atoms with E-state index in [2.05, 4.69) is 32.6 Å². The van der Waals surface area contributed by atoms with Crippen molar-refractivity contribution in [3.63, 3.8) is 0 Å². The zero-order valence-electron chi connectivity index (χ0n) is 15.1. The van der Waals surface area contributed by atoms with E-state index in [1.165, 1.54) is 11.8 Å². The number of benzene rings is 2. The molecule has 0 aliphatic carbocycles. The third-order valence-electron chi connectivity index (χ3n) is 4.63. The summed E-state index contributed by atoms with van der Waals surface area (Å²) in [5.74, 6) is -1.58. The minimum Gasteiger partial charge on any atom is -0.369 e. The standard InChI is InChI=1S/C20H24F2N4O/c21-17-8-4-9-18(22)19(17)24-20(27)23-10-5-11-25-12-14-26(15-13-25)16-6-2-1-3-7-16/h1-4,6-9H,5,10-15H2,(H2,23,24,27). The number of halogens is 2. The lowest BCUT2D eigenvalue weighted by molar-refractivity contribution is 0.244. The smallest absolute Gasteiger partial charge is 0.319 e. The molecule has 144 valence electrons. The molecule has 1 saturated heterocycles.